The van der Waals surface area contributed by atoms with E-state index in [1.165, 1.54) is 16.7 Å². The molecule has 8 heteroatoms. The lowest BCUT2D eigenvalue weighted by molar-refractivity contribution is -0.0567. The van der Waals surface area contributed by atoms with Gasteiger partial charge in [-0.1, -0.05) is 36.4 Å². The summed E-state index contributed by atoms with van der Waals surface area (Å²) in [5.74, 6) is -0.628. The van der Waals surface area contributed by atoms with Crippen LogP contribution < -0.4 is 15.6 Å². The maximum absolute atomic E-state index is 13.4. The lowest BCUT2D eigenvalue weighted by atomic mass is 10.1. The summed E-state index contributed by atoms with van der Waals surface area (Å²) in [7, 11) is 0. The molecule has 1 N–H and O–H groups in total. The Labute approximate surface area is 191 Å². The third kappa shape index (κ3) is 4.80. The van der Waals surface area contributed by atoms with Gasteiger partial charge in [-0.3, -0.25) is 14.2 Å². The summed E-state index contributed by atoms with van der Waals surface area (Å²) in [6.45, 7) is 6.33. The summed E-state index contributed by atoms with van der Waals surface area (Å²) in [5.41, 5.74) is 0.976. The van der Waals surface area contributed by atoms with Crippen molar-refractivity contribution in [2.24, 2.45) is 0 Å². The number of rotatable bonds is 6. The number of ether oxygens (including phenoxy) is 2. The van der Waals surface area contributed by atoms with Gasteiger partial charge >= 0.3 is 0 Å². The number of aryl methyl sites for hydroxylation is 1. The van der Waals surface area contributed by atoms with E-state index in [1.807, 2.05) is 30.3 Å². The van der Waals surface area contributed by atoms with E-state index in [-0.39, 0.29) is 30.4 Å². The van der Waals surface area contributed by atoms with E-state index in [9.17, 15) is 14.0 Å². The van der Waals surface area contributed by atoms with Crippen LogP contribution in [-0.4, -0.2) is 22.1 Å². The Balaban J connectivity index is 1.68. The Bertz CT molecular complexity index is 1240. The van der Waals surface area contributed by atoms with Gasteiger partial charge in [-0.15, -0.1) is 0 Å². The van der Waals surface area contributed by atoms with Crippen LogP contribution in [0.25, 0.3) is 0 Å². The summed E-state index contributed by atoms with van der Waals surface area (Å²) >= 11 is 0. The predicted molar refractivity (Wildman–Crippen MR) is 121 cm³/mol. The molecule has 0 saturated heterocycles. The molecule has 1 aliphatic heterocycles. The van der Waals surface area contributed by atoms with Crippen LogP contribution in [0.1, 0.15) is 46.9 Å². The van der Waals surface area contributed by atoms with Gasteiger partial charge in [0.25, 0.3) is 11.5 Å². The Morgan fingerprint density at radius 1 is 1.24 bits per heavy atom. The highest BCUT2D eigenvalue weighted by molar-refractivity contribution is 5.94. The zero-order chi connectivity index (χ0) is 23.6. The molecule has 0 radical (unpaired) electrons. The number of nitrogens with zero attached hydrogens (tertiary/aromatic N) is 2. The molecule has 0 atom stereocenters. The van der Waals surface area contributed by atoms with Crippen molar-refractivity contribution in [1.82, 2.24) is 14.9 Å². The normalized spacial score (nSPS) is 14.4. The van der Waals surface area contributed by atoms with Gasteiger partial charge < -0.3 is 14.8 Å². The van der Waals surface area contributed by atoms with E-state index in [2.05, 4.69) is 10.3 Å². The molecule has 0 spiro atoms. The lowest BCUT2D eigenvalue weighted by Gasteiger charge is -2.32. The molecule has 0 aliphatic carbocycles. The van der Waals surface area contributed by atoms with E-state index in [1.54, 1.807) is 26.8 Å². The van der Waals surface area contributed by atoms with Crippen LogP contribution in [0.15, 0.2) is 53.3 Å². The topological polar surface area (TPSA) is 82.5 Å². The summed E-state index contributed by atoms with van der Waals surface area (Å²) in [5, 5.41) is 2.78. The van der Waals surface area contributed by atoms with Gasteiger partial charge in [-0.25, -0.2) is 9.37 Å². The van der Waals surface area contributed by atoms with E-state index in [0.29, 0.717) is 24.5 Å². The third-order valence-electron chi connectivity index (χ3n) is 5.63. The molecule has 1 amide bonds. The molecular formula is C25H26FN3O4. The van der Waals surface area contributed by atoms with Crippen LogP contribution in [0.4, 0.5) is 4.39 Å². The van der Waals surface area contributed by atoms with Gasteiger partial charge in [-0.05, 0) is 49.6 Å². The maximum atomic E-state index is 13.4. The van der Waals surface area contributed by atoms with Crippen LogP contribution >= 0.6 is 0 Å². The minimum Gasteiger partial charge on any atom is -0.481 e. The van der Waals surface area contributed by atoms with Crippen molar-refractivity contribution in [1.29, 1.82) is 0 Å². The number of hydrogen-bond acceptors (Lipinski definition) is 5. The number of hydrogen-bond donors (Lipinski definition) is 1. The number of amides is 1. The molecule has 33 heavy (non-hydrogen) atoms. The minimum absolute atomic E-state index is 0.0967. The standard InChI is InChI=1S/C25H26FN3O4/c1-16-13-19(26)10-9-18(16)14-27-22(30)20-21(32-15-17-7-5-4-6-8-17)23(31)29-11-12-33-25(2,3)24(29)28-20/h4-10,13H,11-12,14-15H2,1-3H3,(H,27,30). The second-order valence-electron chi connectivity index (χ2n) is 8.46. The largest absolute Gasteiger partial charge is 0.481 e. The smallest absolute Gasteiger partial charge is 0.296 e. The number of carbonyl (C=O) groups is 1. The Morgan fingerprint density at radius 2 is 2.00 bits per heavy atom. The van der Waals surface area contributed by atoms with E-state index < -0.39 is 17.1 Å². The highest BCUT2D eigenvalue weighted by Gasteiger charge is 2.34. The number of aromatic nitrogens is 2. The molecule has 2 heterocycles. The van der Waals surface area contributed by atoms with Gasteiger partial charge in [-0.2, -0.15) is 0 Å². The molecule has 7 nitrogen and oxygen atoms in total. The van der Waals surface area contributed by atoms with E-state index in [0.717, 1.165) is 11.1 Å². The van der Waals surface area contributed by atoms with Crippen molar-refractivity contribution >= 4 is 5.91 Å². The first-order valence-electron chi connectivity index (χ1n) is 10.8. The van der Waals surface area contributed by atoms with Crippen molar-refractivity contribution < 1.29 is 18.7 Å². The summed E-state index contributed by atoms with van der Waals surface area (Å²) in [6.07, 6.45) is 0. The predicted octanol–water partition coefficient (Wildman–Crippen LogP) is 3.47. The summed E-state index contributed by atoms with van der Waals surface area (Å²) < 4.78 is 26.5. The number of nitrogens with one attached hydrogen (secondary N) is 1. The second-order valence-corrected chi connectivity index (χ2v) is 8.46. The number of halogens is 1. The van der Waals surface area contributed by atoms with E-state index in [4.69, 9.17) is 9.47 Å². The van der Waals surface area contributed by atoms with Crippen LogP contribution in [-0.2, 0) is 30.0 Å². The number of carbonyl (C=O) groups excluding carboxylic acids is 1. The van der Waals surface area contributed by atoms with Crippen LogP contribution in [0, 0.1) is 12.7 Å². The van der Waals surface area contributed by atoms with Gasteiger partial charge in [0, 0.05) is 6.54 Å². The highest BCUT2D eigenvalue weighted by Crippen LogP contribution is 2.28. The monoisotopic (exact) mass is 451 g/mol. The highest BCUT2D eigenvalue weighted by atomic mass is 19.1. The summed E-state index contributed by atoms with van der Waals surface area (Å²) in [4.78, 5) is 31.0. The molecule has 1 aliphatic rings. The Kier molecular flexibility index (Phi) is 6.29. The van der Waals surface area contributed by atoms with Crippen LogP contribution in [0.5, 0.6) is 5.75 Å². The molecule has 0 fully saturated rings. The average molecular weight is 451 g/mol. The fraction of sp³-hybridized carbons (Fsp3) is 0.320. The number of benzene rings is 2. The van der Waals surface area contributed by atoms with Crippen molar-refractivity contribution in [2.75, 3.05) is 6.61 Å². The van der Waals surface area contributed by atoms with Gasteiger partial charge in [0.15, 0.2) is 5.69 Å². The fourth-order valence-corrected chi connectivity index (χ4v) is 3.79. The molecule has 172 valence electrons. The molecule has 4 rings (SSSR count). The molecule has 1 aromatic heterocycles. The first kappa shape index (κ1) is 22.7. The molecule has 0 unspecified atom stereocenters. The van der Waals surface area contributed by atoms with Gasteiger partial charge in [0.1, 0.15) is 23.8 Å². The molecule has 0 saturated carbocycles. The average Bonchev–Trinajstić information content (AvgIpc) is 2.78. The first-order valence-corrected chi connectivity index (χ1v) is 10.8. The molecule has 3 aromatic rings. The van der Waals surface area contributed by atoms with Crippen LogP contribution in [0.2, 0.25) is 0 Å². The van der Waals surface area contributed by atoms with Gasteiger partial charge in [0.05, 0.1) is 13.2 Å². The maximum Gasteiger partial charge on any atom is 0.296 e. The first-order chi connectivity index (χ1) is 15.8. The Hall–Kier alpha value is -3.52. The zero-order valence-corrected chi connectivity index (χ0v) is 18.9. The molecular weight excluding hydrogens is 425 g/mol. The summed E-state index contributed by atoms with van der Waals surface area (Å²) in [6, 6.07) is 13.7. The third-order valence-corrected chi connectivity index (χ3v) is 5.63. The second kappa shape index (κ2) is 9.15. The van der Waals surface area contributed by atoms with Gasteiger partial charge in [0.2, 0.25) is 5.75 Å². The molecule has 2 aromatic carbocycles. The zero-order valence-electron chi connectivity index (χ0n) is 18.9. The Morgan fingerprint density at radius 3 is 2.73 bits per heavy atom. The lowest BCUT2D eigenvalue weighted by Crippen LogP contribution is -2.43. The van der Waals surface area contributed by atoms with Crippen molar-refractivity contribution in [3.8, 4) is 5.75 Å². The van der Waals surface area contributed by atoms with Crippen molar-refractivity contribution in [3.05, 3.63) is 92.9 Å². The number of fused-ring (bicyclic) bond motifs is 1. The molecule has 0 bridgehead atoms. The SMILES string of the molecule is Cc1cc(F)ccc1CNC(=O)c1nc2n(c(=O)c1OCc1ccccc1)CCOC2(C)C. The minimum atomic E-state index is -0.835. The quantitative estimate of drug-likeness (QED) is 0.621. The van der Waals surface area contributed by atoms with Crippen molar-refractivity contribution in [3.63, 3.8) is 0 Å². The van der Waals surface area contributed by atoms with Crippen molar-refractivity contribution in [2.45, 2.75) is 46.1 Å². The fourth-order valence-electron chi connectivity index (χ4n) is 3.79. The van der Waals surface area contributed by atoms with Crippen LogP contribution in [0.3, 0.4) is 0 Å². The van der Waals surface area contributed by atoms with E-state index >= 15 is 0 Å².